The van der Waals surface area contributed by atoms with Crippen LogP contribution in [0.15, 0.2) is 77.4 Å². The molecule has 0 fully saturated rings. The lowest BCUT2D eigenvalue weighted by atomic mass is 10.2. The number of nitrogens with zero attached hydrogens (tertiary/aromatic N) is 3. The molecule has 8 heteroatoms. The molecule has 176 valence electrons. The summed E-state index contributed by atoms with van der Waals surface area (Å²) in [5.41, 5.74) is 1.91. The molecule has 0 spiro atoms. The van der Waals surface area contributed by atoms with E-state index in [1.54, 1.807) is 48.6 Å². The second-order valence-corrected chi connectivity index (χ2v) is 7.71. The monoisotopic (exact) mass is 460 g/mol. The fourth-order valence-electron chi connectivity index (χ4n) is 3.41. The minimum Gasteiger partial charge on any atom is -0.467 e. The Morgan fingerprint density at radius 3 is 2.56 bits per heavy atom. The van der Waals surface area contributed by atoms with E-state index in [1.165, 1.54) is 4.90 Å². The lowest BCUT2D eigenvalue weighted by Crippen LogP contribution is -2.44. The van der Waals surface area contributed by atoms with Gasteiger partial charge in [-0.1, -0.05) is 36.4 Å². The highest BCUT2D eigenvalue weighted by molar-refractivity contribution is 5.92. The first kappa shape index (κ1) is 24.6. The third-order valence-corrected chi connectivity index (χ3v) is 5.13. The van der Waals surface area contributed by atoms with Gasteiger partial charge in [-0.3, -0.25) is 4.79 Å². The molecule has 34 heavy (non-hydrogen) atoms. The molecule has 1 heterocycles. The highest BCUT2D eigenvalue weighted by Gasteiger charge is 2.22. The van der Waals surface area contributed by atoms with Crippen molar-refractivity contribution in [1.82, 2.24) is 9.80 Å². The average molecular weight is 461 g/mol. The number of amides is 3. The highest BCUT2D eigenvalue weighted by atomic mass is 16.5. The van der Waals surface area contributed by atoms with E-state index < -0.39 is 6.03 Å². The maximum atomic E-state index is 13.4. The molecule has 3 amide bonds. The molecule has 2 aromatic carbocycles. The Labute approximate surface area is 199 Å². The summed E-state index contributed by atoms with van der Waals surface area (Å²) in [6.45, 7) is 1.36. The molecule has 1 N–H and O–H groups in total. The van der Waals surface area contributed by atoms with Gasteiger partial charge in [0.05, 0.1) is 24.4 Å². The summed E-state index contributed by atoms with van der Waals surface area (Å²) < 4.78 is 10.6. The predicted molar refractivity (Wildman–Crippen MR) is 128 cm³/mol. The van der Waals surface area contributed by atoms with Gasteiger partial charge in [-0.2, -0.15) is 5.26 Å². The number of nitrogens with one attached hydrogen (secondary N) is 1. The Hall–Kier alpha value is -4.09. The van der Waals surface area contributed by atoms with Crippen LogP contribution in [0.2, 0.25) is 0 Å². The van der Waals surface area contributed by atoms with E-state index in [9.17, 15) is 9.59 Å². The number of hydrogen-bond donors (Lipinski definition) is 1. The Bertz CT molecular complexity index is 1090. The van der Waals surface area contributed by atoms with Crippen molar-refractivity contribution in [3.63, 3.8) is 0 Å². The first-order valence-corrected chi connectivity index (χ1v) is 11.0. The van der Waals surface area contributed by atoms with Crippen molar-refractivity contribution in [2.75, 3.05) is 32.1 Å². The van der Waals surface area contributed by atoms with Gasteiger partial charge in [0.25, 0.3) is 0 Å². The van der Waals surface area contributed by atoms with Gasteiger partial charge in [0.2, 0.25) is 5.91 Å². The van der Waals surface area contributed by atoms with Gasteiger partial charge in [0.15, 0.2) is 0 Å². The number of ether oxygens (including phenoxy) is 1. The molecule has 0 aliphatic heterocycles. The summed E-state index contributed by atoms with van der Waals surface area (Å²) in [7, 11) is 1.59. The molecule has 8 nitrogen and oxygen atoms in total. The second kappa shape index (κ2) is 12.8. The minimum atomic E-state index is -0.419. The van der Waals surface area contributed by atoms with Gasteiger partial charge in [0, 0.05) is 32.5 Å². The van der Waals surface area contributed by atoms with Gasteiger partial charge in [-0.05, 0) is 42.3 Å². The van der Waals surface area contributed by atoms with Crippen molar-refractivity contribution >= 4 is 17.6 Å². The van der Waals surface area contributed by atoms with Crippen molar-refractivity contribution < 1.29 is 18.7 Å². The van der Waals surface area contributed by atoms with E-state index in [4.69, 9.17) is 14.4 Å². The molecule has 3 rings (SSSR count). The standard InChI is InChI=1S/C26H28N4O4/c1-33-14-7-13-29(26(32)28-23-11-5-10-22(16-23)17-27)20-25(31)30(19-24-12-6-15-34-24)18-21-8-3-2-4-9-21/h2-6,8-12,15-16H,7,13-14,18-20H2,1H3,(H,28,32). The molecule has 0 bridgehead atoms. The van der Waals surface area contributed by atoms with E-state index in [1.807, 2.05) is 36.4 Å². The number of hydrogen-bond acceptors (Lipinski definition) is 5. The van der Waals surface area contributed by atoms with Crippen LogP contribution in [0, 0.1) is 11.3 Å². The van der Waals surface area contributed by atoms with Gasteiger partial charge in [-0.25, -0.2) is 4.79 Å². The zero-order valence-corrected chi connectivity index (χ0v) is 19.1. The van der Waals surface area contributed by atoms with Crippen LogP contribution in [0.3, 0.4) is 0 Å². The smallest absolute Gasteiger partial charge is 0.322 e. The quantitative estimate of drug-likeness (QED) is 0.431. The van der Waals surface area contributed by atoms with Crippen LogP contribution in [0.1, 0.15) is 23.3 Å². The van der Waals surface area contributed by atoms with Crippen molar-refractivity contribution in [2.45, 2.75) is 19.5 Å². The summed E-state index contributed by atoms with van der Waals surface area (Å²) in [6.07, 6.45) is 2.15. The van der Waals surface area contributed by atoms with Crippen LogP contribution in [0.4, 0.5) is 10.5 Å². The molecule has 0 unspecified atom stereocenters. The number of urea groups is 1. The van der Waals surface area contributed by atoms with Crippen LogP contribution < -0.4 is 5.32 Å². The number of anilines is 1. The third-order valence-electron chi connectivity index (χ3n) is 5.13. The molecule has 0 saturated carbocycles. The summed E-state index contributed by atoms with van der Waals surface area (Å²) in [6, 6.07) is 21.5. The minimum absolute atomic E-state index is 0.110. The lowest BCUT2D eigenvalue weighted by Gasteiger charge is -2.27. The Balaban J connectivity index is 1.74. The Kier molecular flexibility index (Phi) is 9.26. The number of carbonyl (C=O) groups is 2. The van der Waals surface area contributed by atoms with Crippen molar-refractivity contribution in [1.29, 1.82) is 5.26 Å². The predicted octanol–water partition coefficient (Wildman–Crippen LogP) is 4.25. The lowest BCUT2D eigenvalue weighted by molar-refractivity contribution is -0.133. The topological polar surface area (TPSA) is 98.8 Å². The van der Waals surface area contributed by atoms with E-state index >= 15 is 0 Å². The molecule has 3 aromatic rings. The molecular weight excluding hydrogens is 432 g/mol. The molecular formula is C26H28N4O4. The molecule has 0 radical (unpaired) electrons. The summed E-state index contributed by atoms with van der Waals surface area (Å²) in [5.74, 6) is 0.451. The average Bonchev–Trinajstić information content (AvgIpc) is 3.37. The number of carbonyl (C=O) groups excluding carboxylic acids is 2. The first-order valence-electron chi connectivity index (χ1n) is 11.0. The number of benzene rings is 2. The molecule has 0 atom stereocenters. The normalized spacial score (nSPS) is 10.4. The van der Waals surface area contributed by atoms with E-state index in [-0.39, 0.29) is 12.5 Å². The first-order chi connectivity index (χ1) is 16.6. The van der Waals surface area contributed by atoms with Crippen LogP contribution in [0.25, 0.3) is 0 Å². The van der Waals surface area contributed by atoms with Crippen molar-refractivity contribution in [2.24, 2.45) is 0 Å². The van der Waals surface area contributed by atoms with Crippen molar-refractivity contribution in [3.8, 4) is 6.07 Å². The number of rotatable bonds is 11. The SMILES string of the molecule is COCCCN(CC(=O)N(Cc1ccccc1)Cc1ccco1)C(=O)Nc1cccc(C#N)c1. The maximum Gasteiger partial charge on any atom is 0.322 e. The van der Waals surface area contributed by atoms with Crippen molar-refractivity contribution in [3.05, 3.63) is 89.9 Å². The van der Waals surface area contributed by atoms with Crippen LogP contribution >= 0.6 is 0 Å². The zero-order chi connectivity index (χ0) is 24.2. The number of nitriles is 1. The van der Waals surface area contributed by atoms with Gasteiger partial charge in [0.1, 0.15) is 12.3 Å². The Morgan fingerprint density at radius 1 is 1.03 bits per heavy atom. The number of furan rings is 1. The van der Waals surface area contributed by atoms with E-state index in [0.717, 1.165) is 5.56 Å². The molecule has 0 saturated heterocycles. The summed E-state index contributed by atoms with van der Waals surface area (Å²) in [5, 5.41) is 11.9. The van der Waals surface area contributed by atoms with Gasteiger partial charge >= 0.3 is 6.03 Å². The number of methoxy groups -OCH3 is 1. The fourth-order valence-corrected chi connectivity index (χ4v) is 3.41. The highest BCUT2D eigenvalue weighted by Crippen LogP contribution is 2.14. The van der Waals surface area contributed by atoms with Crippen LogP contribution in [-0.4, -0.2) is 48.5 Å². The molecule has 0 aliphatic carbocycles. The zero-order valence-electron chi connectivity index (χ0n) is 19.1. The largest absolute Gasteiger partial charge is 0.467 e. The second-order valence-electron chi connectivity index (χ2n) is 7.71. The fraction of sp³-hybridized carbons (Fsp3) is 0.269. The maximum absolute atomic E-state index is 13.4. The van der Waals surface area contributed by atoms with E-state index in [2.05, 4.69) is 11.4 Å². The van der Waals surface area contributed by atoms with Gasteiger partial charge in [-0.15, -0.1) is 0 Å². The molecule has 0 aliphatic rings. The summed E-state index contributed by atoms with van der Waals surface area (Å²) in [4.78, 5) is 29.5. The van der Waals surface area contributed by atoms with Crippen LogP contribution in [-0.2, 0) is 22.6 Å². The molecule has 1 aromatic heterocycles. The van der Waals surface area contributed by atoms with Crippen LogP contribution in [0.5, 0.6) is 0 Å². The Morgan fingerprint density at radius 2 is 1.85 bits per heavy atom. The third kappa shape index (κ3) is 7.50. The van der Waals surface area contributed by atoms with Gasteiger partial charge < -0.3 is 24.3 Å². The summed E-state index contributed by atoms with van der Waals surface area (Å²) >= 11 is 0. The van der Waals surface area contributed by atoms with E-state index in [0.29, 0.717) is 49.7 Å².